The SMILES string of the molecule is Nc1ncnc2c1nc(NCCO)n2[C@@H]1O[C@H](CO)[C@@H](O)[C@H]1O. The summed E-state index contributed by atoms with van der Waals surface area (Å²) in [7, 11) is 0. The third kappa shape index (κ3) is 2.58. The van der Waals surface area contributed by atoms with Gasteiger partial charge in [0.1, 0.15) is 24.6 Å². The summed E-state index contributed by atoms with van der Waals surface area (Å²) in [6.45, 7) is -0.385. The quantitative estimate of drug-likeness (QED) is 0.343. The molecule has 11 heteroatoms. The van der Waals surface area contributed by atoms with Crippen LogP contribution in [0.5, 0.6) is 0 Å². The fourth-order valence-corrected chi connectivity index (χ4v) is 2.55. The first-order valence-electron chi connectivity index (χ1n) is 7.04. The Morgan fingerprint density at radius 1 is 1.26 bits per heavy atom. The molecule has 0 aromatic carbocycles. The van der Waals surface area contributed by atoms with E-state index in [-0.39, 0.29) is 24.9 Å². The number of nitrogens with zero attached hydrogens (tertiary/aromatic N) is 4. The largest absolute Gasteiger partial charge is 0.395 e. The smallest absolute Gasteiger partial charge is 0.207 e. The van der Waals surface area contributed by atoms with Crippen LogP contribution >= 0.6 is 0 Å². The van der Waals surface area contributed by atoms with E-state index in [0.29, 0.717) is 11.2 Å². The zero-order valence-electron chi connectivity index (χ0n) is 12.1. The van der Waals surface area contributed by atoms with E-state index >= 15 is 0 Å². The number of imidazole rings is 1. The molecule has 23 heavy (non-hydrogen) atoms. The van der Waals surface area contributed by atoms with Gasteiger partial charge in [0.05, 0.1) is 13.2 Å². The second kappa shape index (κ2) is 6.22. The highest BCUT2D eigenvalue weighted by atomic mass is 16.6. The number of anilines is 2. The molecule has 1 aliphatic heterocycles. The van der Waals surface area contributed by atoms with Crippen LogP contribution in [0.4, 0.5) is 11.8 Å². The van der Waals surface area contributed by atoms with E-state index in [1.54, 1.807) is 0 Å². The number of aliphatic hydroxyl groups is 4. The molecule has 0 bridgehead atoms. The Kier molecular flexibility index (Phi) is 4.28. The maximum Gasteiger partial charge on any atom is 0.207 e. The van der Waals surface area contributed by atoms with Gasteiger partial charge in [0.2, 0.25) is 5.95 Å². The number of rotatable bonds is 5. The molecule has 1 aliphatic rings. The number of hydrogen-bond donors (Lipinski definition) is 6. The molecule has 11 nitrogen and oxygen atoms in total. The minimum Gasteiger partial charge on any atom is -0.395 e. The second-order valence-electron chi connectivity index (χ2n) is 5.12. The first-order valence-corrected chi connectivity index (χ1v) is 7.04. The molecule has 2 aromatic rings. The Morgan fingerprint density at radius 3 is 2.70 bits per heavy atom. The van der Waals surface area contributed by atoms with E-state index in [1.807, 2.05) is 0 Å². The predicted octanol–water partition coefficient (Wildman–Crippen LogP) is -2.58. The van der Waals surface area contributed by atoms with Crippen molar-refractivity contribution in [1.29, 1.82) is 0 Å². The molecule has 126 valence electrons. The van der Waals surface area contributed by atoms with Crippen LogP contribution < -0.4 is 11.1 Å². The molecule has 7 N–H and O–H groups in total. The van der Waals surface area contributed by atoms with Gasteiger partial charge in [-0.2, -0.15) is 0 Å². The van der Waals surface area contributed by atoms with Gasteiger partial charge in [-0.15, -0.1) is 0 Å². The van der Waals surface area contributed by atoms with Crippen molar-refractivity contribution in [3.05, 3.63) is 6.33 Å². The summed E-state index contributed by atoms with van der Waals surface area (Å²) in [5, 5.41) is 41.2. The molecule has 0 aliphatic carbocycles. The van der Waals surface area contributed by atoms with Crippen LogP contribution in [0.15, 0.2) is 6.33 Å². The van der Waals surface area contributed by atoms with E-state index in [1.165, 1.54) is 10.9 Å². The highest BCUT2D eigenvalue weighted by Gasteiger charge is 2.45. The van der Waals surface area contributed by atoms with E-state index in [2.05, 4.69) is 20.3 Å². The summed E-state index contributed by atoms with van der Waals surface area (Å²) in [5.74, 6) is 0.392. The summed E-state index contributed by atoms with van der Waals surface area (Å²) in [6.07, 6.45) is -3.27. The number of aliphatic hydroxyl groups excluding tert-OH is 4. The maximum absolute atomic E-state index is 10.2. The zero-order chi connectivity index (χ0) is 16.6. The van der Waals surface area contributed by atoms with Crippen molar-refractivity contribution >= 4 is 22.9 Å². The number of fused-ring (bicyclic) bond motifs is 1. The summed E-state index contributed by atoms with van der Waals surface area (Å²) >= 11 is 0. The molecule has 3 heterocycles. The predicted molar refractivity (Wildman–Crippen MR) is 78.3 cm³/mol. The van der Waals surface area contributed by atoms with Crippen molar-refractivity contribution in [1.82, 2.24) is 19.5 Å². The van der Waals surface area contributed by atoms with Gasteiger partial charge < -0.3 is 36.2 Å². The Labute approximate surface area is 130 Å². The fourth-order valence-electron chi connectivity index (χ4n) is 2.55. The van der Waals surface area contributed by atoms with E-state index in [9.17, 15) is 15.3 Å². The van der Waals surface area contributed by atoms with E-state index in [4.69, 9.17) is 15.6 Å². The fraction of sp³-hybridized carbons (Fsp3) is 0.583. The minimum atomic E-state index is -1.30. The normalized spacial score (nSPS) is 27.7. The number of aromatic nitrogens is 4. The second-order valence-corrected chi connectivity index (χ2v) is 5.12. The number of hydrogen-bond acceptors (Lipinski definition) is 10. The zero-order valence-corrected chi connectivity index (χ0v) is 12.1. The van der Waals surface area contributed by atoms with Crippen LogP contribution in [-0.4, -0.2) is 78.0 Å². The van der Waals surface area contributed by atoms with Crippen LogP contribution in [0.25, 0.3) is 11.2 Å². The lowest BCUT2D eigenvalue weighted by atomic mass is 10.1. The van der Waals surface area contributed by atoms with Gasteiger partial charge in [-0.1, -0.05) is 0 Å². The molecular formula is C12H18N6O5. The molecular weight excluding hydrogens is 308 g/mol. The van der Waals surface area contributed by atoms with Crippen molar-refractivity contribution in [2.75, 3.05) is 30.8 Å². The van der Waals surface area contributed by atoms with Gasteiger partial charge in [0, 0.05) is 6.54 Å². The highest BCUT2D eigenvalue weighted by molar-refractivity contribution is 5.84. The molecule has 0 spiro atoms. The lowest BCUT2D eigenvalue weighted by Crippen LogP contribution is -2.33. The number of nitrogens with one attached hydrogen (secondary N) is 1. The van der Waals surface area contributed by atoms with E-state index < -0.39 is 31.1 Å². The topological polar surface area (TPSA) is 172 Å². The van der Waals surface area contributed by atoms with Crippen molar-refractivity contribution in [3.63, 3.8) is 0 Å². The average Bonchev–Trinajstić information content (AvgIpc) is 3.05. The van der Waals surface area contributed by atoms with Crippen LogP contribution in [0.2, 0.25) is 0 Å². The summed E-state index contributed by atoms with van der Waals surface area (Å²) in [6, 6.07) is 0. The van der Waals surface area contributed by atoms with Crippen molar-refractivity contribution in [2.45, 2.75) is 24.5 Å². The Bertz CT molecular complexity index is 694. The van der Waals surface area contributed by atoms with Crippen molar-refractivity contribution < 1.29 is 25.2 Å². The first-order chi connectivity index (χ1) is 11.1. The van der Waals surface area contributed by atoms with Crippen molar-refractivity contribution in [3.8, 4) is 0 Å². The van der Waals surface area contributed by atoms with Gasteiger partial charge in [0.25, 0.3) is 0 Å². The lowest BCUT2D eigenvalue weighted by molar-refractivity contribution is -0.0501. The summed E-state index contributed by atoms with van der Waals surface area (Å²) in [4.78, 5) is 12.2. The molecule has 1 saturated heterocycles. The molecule has 0 unspecified atom stereocenters. The van der Waals surface area contributed by atoms with Crippen LogP contribution in [0.3, 0.4) is 0 Å². The lowest BCUT2D eigenvalue weighted by Gasteiger charge is -2.19. The van der Waals surface area contributed by atoms with Crippen molar-refractivity contribution in [2.24, 2.45) is 0 Å². The Balaban J connectivity index is 2.09. The van der Waals surface area contributed by atoms with Crippen LogP contribution in [0.1, 0.15) is 6.23 Å². The standard InChI is InChI=1S/C12H18N6O5/c13-9-6-10(16-4-15-9)18(12(17-6)14-1-2-19)11-8(22)7(21)5(3-20)23-11/h4-5,7-8,11,19-22H,1-3H2,(H,14,17)(H2,13,15,16)/t5-,7-,8-,11-/m1/s1. The molecule has 0 saturated carbocycles. The molecule has 1 fully saturated rings. The summed E-state index contributed by atoms with van der Waals surface area (Å²) < 4.78 is 6.94. The maximum atomic E-state index is 10.2. The number of ether oxygens (including phenoxy) is 1. The molecule has 2 aromatic heterocycles. The Hall–Kier alpha value is -2.05. The molecule has 4 atom stereocenters. The molecule has 0 amide bonds. The minimum absolute atomic E-state index is 0.139. The van der Waals surface area contributed by atoms with E-state index in [0.717, 1.165) is 0 Å². The molecule has 3 rings (SSSR count). The number of nitrogen functional groups attached to an aromatic ring is 1. The van der Waals surface area contributed by atoms with Gasteiger partial charge >= 0.3 is 0 Å². The highest BCUT2D eigenvalue weighted by Crippen LogP contribution is 2.34. The monoisotopic (exact) mass is 326 g/mol. The first kappa shape index (κ1) is 15.8. The van der Waals surface area contributed by atoms with Gasteiger partial charge in [-0.05, 0) is 0 Å². The Morgan fingerprint density at radius 2 is 2.04 bits per heavy atom. The third-order valence-corrected chi connectivity index (χ3v) is 3.67. The summed E-state index contributed by atoms with van der Waals surface area (Å²) in [5.41, 5.74) is 6.38. The van der Waals surface area contributed by atoms with Gasteiger partial charge in [-0.25, -0.2) is 15.0 Å². The van der Waals surface area contributed by atoms with Gasteiger partial charge in [0.15, 0.2) is 23.2 Å². The van der Waals surface area contributed by atoms with Crippen LogP contribution in [-0.2, 0) is 4.74 Å². The van der Waals surface area contributed by atoms with Crippen LogP contribution in [0, 0.1) is 0 Å². The number of nitrogens with two attached hydrogens (primary N) is 1. The average molecular weight is 326 g/mol. The molecule has 0 radical (unpaired) electrons. The third-order valence-electron chi connectivity index (χ3n) is 3.67. The van der Waals surface area contributed by atoms with Gasteiger partial charge in [-0.3, -0.25) is 4.57 Å².